The molecule has 0 radical (unpaired) electrons. The van der Waals surface area contributed by atoms with Gasteiger partial charge in [0.2, 0.25) is 0 Å². The first kappa shape index (κ1) is 8.55. The van der Waals surface area contributed by atoms with Crippen molar-refractivity contribution >= 4 is 5.97 Å². The van der Waals surface area contributed by atoms with Crippen molar-refractivity contribution in [2.24, 2.45) is 0 Å². The molecule has 0 aliphatic heterocycles. The molecule has 14 heavy (non-hydrogen) atoms. The van der Waals surface area contributed by atoms with Gasteiger partial charge >= 0.3 is 5.97 Å². The molecular formula is C9H9N3O2. The summed E-state index contributed by atoms with van der Waals surface area (Å²) in [4.78, 5) is 13.6. The maximum Gasteiger partial charge on any atom is 0.353 e. The van der Waals surface area contributed by atoms with Crippen LogP contribution in [0.5, 0.6) is 0 Å². The molecule has 0 unspecified atom stereocenters. The summed E-state index contributed by atoms with van der Waals surface area (Å²) in [5, 5.41) is 15.4. The van der Waals surface area contributed by atoms with E-state index in [4.69, 9.17) is 5.11 Å². The van der Waals surface area contributed by atoms with E-state index in [1.807, 2.05) is 6.92 Å². The van der Waals surface area contributed by atoms with Gasteiger partial charge in [-0.15, -0.1) is 0 Å². The summed E-state index contributed by atoms with van der Waals surface area (Å²) in [7, 11) is 0. The Kier molecular flexibility index (Phi) is 1.85. The zero-order valence-corrected chi connectivity index (χ0v) is 7.53. The highest BCUT2D eigenvalue weighted by molar-refractivity contribution is 5.93. The molecule has 72 valence electrons. The summed E-state index contributed by atoms with van der Waals surface area (Å²) in [6.07, 6.45) is 1.59. The van der Waals surface area contributed by atoms with Gasteiger partial charge in [0.05, 0.1) is 5.69 Å². The molecule has 0 fully saturated rings. The van der Waals surface area contributed by atoms with Crippen LogP contribution in [0.4, 0.5) is 0 Å². The average Bonchev–Trinajstić information content (AvgIpc) is 2.70. The van der Waals surface area contributed by atoms with Crippen LogP contribution in [-0.2, 0) is 0 Å². The number of aromatic nitrogens is 3. The summed E-state index contributed by atoms with van der Waals surface area (Å²) in [5.74, 6) is -0.970. The number of aromatic amines is 2. The number of carboxylic acids is 1. The average molecular weight is 191 g/mol. The fourth-order valence-corrected chi connectivity index (χ4v) is 1.38. The summed E-state index contributed by atoms with van der Waals surface area (Å²) in [6, 6.07) is 3.51. The van der Waals surface area contributed by atoms with Gasteiger partial charge in [0.25, 0.3) is 0 Å². The molecule has 0 saturated heterocycles. The van der Waals surface area contributed by atoms with Crippen molar-refractivity contribution in [3.63, 3.8) is 0 Å². The normalized spacial score (nSPS) is 10.4. The van der Waals surface area contributed by atoms with Crippen molar-refractivity contribution in [3.05, 3.63) is 29.7 Å². The third-order valence-corrected chi connectivity index (χ3v) is 1.96. The van der Waals surface area contributed by atoms with Crippen LogP contribution in [0.3, 0.4) is 0 Å². The number of hydrogen-bond donors (Lipinski definition) is 3. The predicted octanol–water partition coefficient (Wildman–Crippen LogP) is 1.41. The minimum atomic E-state index is -0.970. The Morgan fingerprint density at radius 3 is 2.93 bits per heavy atom. The second kappa shape index (κ2) is 3.02. The van der Waals surface area contributed by atoms with Crippen molar-refractivity contribution in [2.75, 3.05) is 0 Å². The Labute approximate surface area is 79.8 Å². The highest BCUT2D eigenvalue weighted by Gasteiger charge is 2.15. The second-order valence-electron chi connectivity index (χ2n) is 3.02. The van der Waals surface area contributed by atoms with Crippen LogP contribution < -0.4 is 0 Å². The van der Waals surface area contributed by atoms with Gasteiger partial charge in [-0.2, -0.15) is 5.10 Å². The topological polar surface area (TPSA) is 81.8 Å². The Hall–Kier alpha value is -2.04. The first-order valence-corrected chi connectivity index (χ1v) is 4.11. The largest absolute Gasteiger partial charge is 0.477 e. The van der Waals surface area contributed by atoms with Crippen LogP contribution in [0.25, 0.3) is 11.3 Å². The van der Waals surface area contributed by atoms with E-state index < -0.39 is 5.97 Å². The third kappa shape index (κ3) is 1.28. The first-order chi connectivity index (χ1) is 6.68. The minimum Gasteiger partial charge on any atom is -0.477 e. The molecule has 0 saturated carbocycles. The van der Waals surface area contributed by atoms with E-state index in [0.29, 0.717) is 11.3 Å². The Morgan fingerprint density at radius 1 is 1.57 bits per heavy atom. The molecule has 2 heterocycles. The number of aryl methyl sites for hydroxylation is 1. The molecule has 3 N–H and O–H groups in total. The first-order valence-electron chi connectivity index (χ1n) is 4.11. The lowest BCUT2D eigenvalue weighted by Gasteiger charge is -1.94. The summed E-state index contributed by atoms with van der Waals surface area (Å²) >= 11 is 0. The van der Waals surface area contributed by atoms with Crippen LogP contribution in [0.2, 0.25) is 0 Å². The zero-order valence-electron chi connectivity index (χ0n) is 7.53. The monoisotopic (exact) mass is 191 g/mol. The quantitative estimate of drug-likeness (QED) is 0.671. The van der Waals surface area contributed by atoms with Gasteiger partial charge in [-0.3, -0.25) is 5.10 Å². The van der Waals surface area contributed by atoms with E-state index in [2.05, 4.69) is 15.2 Å². The molecule has 0 aliphatic carbocycles. The van der Waals surface area contributed by atoms with Gasteiger partial charge in [0, 0.05) is 17.5 Å². The SMILES string of the molecule is Cc1cc(-c2ccn[nH]2)c(C(=O)O)[nH]1. The minimum absolute atomic E-state index is 0.187. The van der Waals surface area contributed by atoms with Gasteiger partial charge in [0.15, 0.2) is 0 Å². The standard InChI is InChI=1S/C9H9N3O2/c1-5-4-6(7-2-3-10-12-7)8(11-5)9(13)14/h2-4,11H,1H3,(H,10,12)(H,13,14). The molecule has 5 nitrogen and oxygen atoms in total. The van der Waals surface area contributed by atoms with Gasteiger partial charge in [-0.1, -0.05) is 0 Å². The van der Waals surface area contributed by atoms with Crippen LogP contribution >= 0.6 is 0 Å². The maximum absolute atomic E-state index is 10.9. The van der Waals surface area contributed by atoms with Gasteiger partial charge in [0.1, 0.15) is 5.69 Å². The van der Waals surface area contributed by atoms with Gasteiger partial charge in [-0.05, 0) is 19.1 Å². The fourth-order valence-electron chi connectivity index (χ4n) is 1.38. The highest BCUT2D eigenvalue weighted by Crippen LogP contribution is 2.22. The van der Waals surface area contributed by atoms with E-state index in [1.54, 1.807) is 18.3 Å². The lowest BCUT2D eigenvalue weighted by Crippen LogP contribution is -1.98. The summed E-state index contributed by atoms with van der Waals surface area (Å²) in [5.41, 5.74) is 2.33. The van der Waals surface area contributed by atoms with E-state index in [-0.39, 0.29) is 5.69 Å². The smallest absolute Gasteiger partial charge is 0.353 e. The molecule has 0 atom stereocenters. The lowest BCUT2D eigenvalue weighted by molar-refractivity contribution is 0.0692. The number of carbonyl (C=O) groups is 1. The molecule has 2 aromatic heterocycles. The molecule has 5 heteroatoms. The van der Waals surface area contributed by atoms with Crippen molar-refractivity contribution in [2.45, 2.75) is 6.92 Å². The van der Waals surface area contributed by atoms with Gasteiger partial charge in [-0.25, -0.2) is 4.79 Å². The number of nitrogens with zero attached hydrogens (tertiary/aromatic N) is 1. The molecule has 0 aliphatic rings. The Morgan fingerprint density at radius 2 is 2.36 bits per heavy atom. The number of rotatable bonds is 2. The molecule has 2 aromatic rings. The maximum atomic E-state index is 10.9. The van der Waals surface area contributed by atoms with E-state index in [1.165, 1.54) is 0 Å². The number of aromatic carboxylic acids is 1. The molecular weight excluding hydrogens is 182 g/mol. The zero-order chi connectivity index (χ0) is 10.1. The van der Waals surface area contributed by atoms with Crippen molar-refractivity contribution in [1.29, 1.82) is 0 Å². The van der Waals surface area contributed by atoms with E-state index in [9.17, 15) is 4.79 Å². The van der Waals surface area contributed by atoms with Crippen LogP contribution in [0, 0.1) is 6.92 Å². The number of hydrogen-bond acceptors (Lipinski definition) is 2. The molecule has 2 rings (SSSR count). The summed E-state index contributed by atoms with van der Waals surface area (Å²) < 4.78 is 0. The van der Waals surface area contributed by atoms with Crippen LogP contribution in [-0.4, -0.2) is 26.3 Å². The third-order valence-electron chi connectivity index (χ3n) is 1.96. The Bertz CT molecular complexity index is 456. The Balaban J connectivity index is 2.58. The molecule has 0 amide bonds. The van der Waals surface area contributed by atoms with E-state index >= 15 is 0 Å². The lowest BCUT2D eigenvalue weighted by atomic mass is 10.2. The number of nitrogens with one attached hydrogen (secondary N) is 2. The van der Waals surface area contributed by atoms with Crippen molar-refractivity contribution in [1.82, 2.24) is 15.2 Å². The van der Waals surface area contributed by atoms with Crippen molar-refractivity contribution in [3.8, 4) is 11.3 Å². The van der Waals surface area contributed by atoms with E-state index in [0.717, 1.165) is 5.69 Å². The van der Waals surface area contributed by atoms with Crippen LogP contribution in [0.15, 0.2) is 18.3 Å². The second-order valence-corrected chi connectivity index (χ2v) is 3.02. The molecule has 0 bridgehead atoms. The predicted molar refractivity (Wildman–Crippen MR) is 50.1 cm³/mol. The van der Waals surface area contributed by atoms with Crippen LogP contribution in [0.1, 0.15) is 16.2 Å². The van der Waals surface area contributed by atoms with Crippen molar-refractivity contribution < 1.29 is 9.90 Å². The highest BCUT2D eigenvalue weighted by atomic mass is 16.4. The van der Waals surface area contributed by atoms with Gasteiger partial charge < -0.3 is 10.1 Å². The number of H-pyrrole nitrogens is 2. The molecule has 0 aromatic carbocycles. The number of carboxylic acid groups (broad SMARTS) is 1. The fraction of sp³-hybridized carbons (Fsp3) is 0.111. The molecule has 0 spiro atoms. The summed E-state index contributed by atoms with van der Waals surface area (Å²) in [6.45, 7) is 1.81.